The molecule has 6 heteroatoms. The van der Waals surface area contributed by atoms with Crippen LogP contribution in [0.1, 0.15) is 40.0 Å². The molecule has 0 aromatic carbocycles. The minimum atomic E-state index is -0.409. The summed E-state index contributed by atoms with van der Waals surface area (Å²) in [5, 5.41) is 3.07. The van der Waals surface area contributed by atoms with E-state index < -0.39 is 6.04 Å². The molecule has 0 spiro atoms. The predicted molar refractivity (Wildman–Crippen MR) is 74.6 cm³/mol. The van der Waals surface area contributed by atoms with E-state index in [1.165, 1.54) is 5.01 Å². The second-order valence-corrected chi connectivity index (χ2v) is 5.97. The van der Waals surface area contributed by atoms with Gasteiger partial charge in [-0.3, -0.25) is 4.79 Å². The van der Waals surface area contributed by atoms with Crippen molar-refractivity contribution in [2.75, 3.05) is 20.2 Å². The Balaban J connectivity index is 2.17. The van der Waals surface area contributed by atoms with Crippen molar-refractivity contribution < 1.29 is 14.3 Å². The van der Waals surface area contributed by atoms with Gasteiger partial charge in [0, 0.05) is 20.2 Å². The highest BCUT2D eigenvalue weighted by Crippen LogP contribution is 2.27. The highest BCUT2D eigenvalue weighted by molar-refractivity contribution is 5.92. The molecule has 2 saturated heterocycles. The molecule has 3 amide bonds. The highest BCUT2D eigenvalue weighted by atomic mass is 16.5. The van der Waals surface area contributed by atoms with Gasteiger partial charge in [0.2, 0.25) is 0 Å². The van der Waals surface area contributed by atoms with Gasteiger partial charge in [-0.25, -0.2) is 14.8 Å². The molecule has 0 saturated carbocycles. The second-order valence-electron chi connectivity index (χ2n) is 5.97. The van der Waals surface area contributed by atoms with Gasteiger partial charge in [-0.1, -0.05) is 13.8 Å². The van der Waals surface area contributed by atoms with Gasteiger partial charge in [-0.15, -0.1) is 0 Å². The van der Waals surface area contributed by atoms with Gasteiger partial charge in [0.15, 0.2) is 6.23 Å². The van der Waals surface area contributed by atoms with E-state index >= 15 is 0 Å². The maximum Gasteiger partial charge on any atom is 0.339 e. The standard InChI is InChI=1S/C14H25N3O3/c1-10(2)7-9-15-11(3)13(18)17-12(20-4)6-5-8-16(17)14(15)19/h10-12H,5-9H2,1-4H3/t11-,12?/m0/s1. The molecule has 2 heterocycles. The van der Waals surface area contributed by atoms with Crippen LogP contribution in [-0.4, -0.2) is 59.3 Å². The Bertz CT molecular complexity index is 386. The van der Waals surface area contributed by atoms with E-state index in [-0.39, 0.29) is 18.2 Å². The molecule has 0 aromatic heterocycles. The lowest BCUT2D eigenvalue weighted by atomic mass is 10.1. The summed E-state index contributed by atoms with van der Waals surface area (Å²) < 4.78 is 5.35. The van der Waals surface area contributed by atoms with Crippen molar-refractivity contribution in [3.63, 3.8) is 0 Å². The Labute approximate surface area is 120 Å². The summed E-state index contributed by atoms with van der Waals surface area (Å²) >= 11 is 0. The average molecular weight is 283 g/mol. The van der Waals surface area contributed by atoms with E-state index in [4.69, 9.17) is 4.74 Å². The maximum absolute atomic E-state index is 12.6. The number of methoxy groups -OCH3 is 1. The Hall–Kier alpha value is -1.30. The molecule has 2 rings (SSSR count). The third kappa shape index (κ3) is 2.61. The SMILES string of the molecule is COC1CCCN2C(=O)N(CCC(C)C)[C@@H](C)C(=O)N12. The van der Waals surface area contributed by atoms with Gasteiger partial charge in [-0.05, 0) is 32.1 Å². The third-order valence-corrected chi connectivity index (χ3v) is 4.09. The molecule has 114 valence electrons. The van der Waals surface area contributed by atoms with E-state index in [2.05, 4.69) is 13.8 Å². The van der Waals surface area contributed by atoms with E-state index in [1.54, 1.807) is 23.9 Å². The van der Waals surface area contributed by atoms with E-state index in [0.29, 0.717) is 19.0 Å². The highest BCUT2D eigenvalue weighted by Gasteiger charge is 2.46. The van der Waals surface area contributed by atoms with Gasteiger partial charge in [0.25, 0.3) is 5.91 Å². The first kappa shape index (κ1) is 15.1. The molecule has 2 aliphatic rings. The number of urea groups is 1. The minimum absolute atomic E-state index is 0.0418. The molecule has 20 heavy (non-hydrogen) atoms. The predicted octanol–water partition coefficient (Wildman–Crippen LogP) is 1.67. The van der Waals surface area contributed by atoms with E-state index in [1.807, 2.05) is 0 Å². The smallest absolute Gasteiger partial charge is 0.339 e. The van der Waals surface area contributed by atoms with Crippen molar-refractivity contribution in [1.82, 2.24) is 14.9 Å². The molecule has 1 unspecified atom stereocenters. The molecule has 2 atom stereocenters. The van der Waals surface area contributed by atoms with Gasteiger partial charge >= 0.3 is 6.03 Å². The second kappa shape index (κ2) is 5.99. The monoisotopic (exact) mass is 283 g/mol. The fourth-order valence-corrected chi connectivity index (χ4v) is 2.79. The van der Waals surface area contributed by atoms with Crippen LogP contribution >= 0.6 is 0 Å². The molecule has 6 nitrogen and oxygen atoms in total. The number of fused-ring (bicyclic) bond motifs is 1. The van der Waals surface area contributed by atoms with Crippen molar-refractivity contribution >= 4 is 11.9 Å². The van der Waals surface area contributed by atoms with Crippen molar-refractivity contribution in [1.29, 1.82) is 0 Å². The zero-order chi connectivity index (χ0) is 14.9. The Morgan fingerprint density at radius 2 is 2.05 bits per heavy atom. The molecular formula is C14H25N3O3. The molecule has 2 aliphatic heterocycles. The van der Waals surface area contributed by atoms with Crippen molar-refractivity contribution in [2.24, 2.45) is 5.92 Å². The van der Waals surface area contributed by atoms with Crippen LogP contribution in [0, 0.1) is 5.92 Å². The van der Waals surface area contributed by atoms with Crippen LogP contribution in [0.25, 0.3) is 0 Å². The number of amides is 3. The number of hydrogen-bond donors (Lipinski definition) is 0. The molecule has 0 aromatic rings. The molecule has 0 aliphatic carbocycles. The molecular weight excluding hydrogens is 258 g/mol. The zero-order valence-electron chi connectivity index (χ0n) is 12.8. The van der Waals surface area contributed by atoms with Crippen LogP contribution in [0.2, 0.25) is 0 Å². The zero-order valence-corrected chi connectivity index (χ0v) is 12.8. The molecule has 2 fully saturated rings. The summed E-state index contributed by atoms with van der Waals surface area (Å²) in [6, 6.07) is -0.479. The summed E-state index contributed by atoms with van der Waals surface area (Å²) in [5.41, 5.74) is 0. The average Bonchev–Trinajstić information content (AvgIpc) is 2.43. The lowest BCUT2D eigenvalue weighted by molar-refractivity contribution is -0.197. The first-order valence-electron chi connectivity index (χ1n) is 7.41. The summed E-state index contributed by atoms with van der Waals surface area (Å²) in [7, 11) is 1.59. The maximum atomic E-state index is 12.6. The van der Waals surface area contributed by atoms with E-state index in [9.17, 15) is 9.59 Å². The Kier molecular flexibility index (Phi) is 4.52. The number of carbonyl (C=O) groups excluding carboxylic acids is 2. The lowest BCUT2D eigenvalue weighted by Gasteiger charge is -2.50. The number of ether oxygens (including phenoxy) is 1. The van der Waals surface area contributed by atoms with Crippen LogP contribution in [0.15, 0.2) is 0 Å². The van der Waals surface area contributed by atoms with Crippen LogP contribution in [0.4, 0.5) is 4.79 Å². The van der Waals surface area contributed by atoms with Gasteiger partial charge in [0.1, 0.15) is 6.04 Å². The number of hydrogen-bond acceptors (Lipinski definition) is 3. The summed E-state index contributed by atoms with van der Waals surface area (Å²) in [5.74, 6) is 0.469. The fraction of sp³-hybridized carbons (Fsp3) is 0.857. The van der Waals surface area contributed by atoms with Crippen LogP contribution in [-0.2, 0) is 9.53 Å². The largest absolute Gasteiger partial charge is 0.360 e. The molecule has 0 bridgehead atoms. The van der Waals surface area contributed by atoms with E-state index in [0.717, 1.165) is 19.3 Å². The van der Waals surface area contributed by atoms with Crippen molar-refractivity contribution in [3.8, 4) is 0 Å². The quantitative estimate of drug-likeness (QED) is 0.788. The first-order valence-corrected chi connectivity index (χ1v) is 7.41. The summed E-state index contributed by atoms with van der Waals surface area (Å²) in [6.45, 7) is 7.27. The van der Waals surface area contributed by atoms with Crippen LogP contribution in [0.3, 0.4) is 0 Å². The summed E-state index contributed by atoms with van der Waals surface area (Å²) in [6.07, 6.45) is 2.24. The fourth-order valence-electron chi connectivity index (χ4n) is 2.79. The van der Waals surface area contributed by atoms with Crippen molar-refractivity contribution in [3.05, 3.63) is 0 Å². The van der Waals surface area contributed by atoms with Gasteiger partial charge < -0.3 is 9.64 Å². The number of carbonyl (C=O) groups is 2. The third-order valence-electron chi connectivity index (χ3n) is 4.09. The topological polar surface area (TPSA) is 53.1 Å². The van der Waals surface area contributed by atoms with Crippen LogP contribution < -0.4 is 0 Å². The van der Waals surface area contributed by atoms with Gasteiger partial charge in [-0.2, -0.15) is 0 Å². The Morgan fingerprint density at radius 1 is 1.35 bits per heavy atom. The number of rotatable bonds is 4. The van der Waals surface area contributed by atoms with Gasteiger partial charge in [0.05, 0.1) is 0 Å². The lowest BCUT2D eigenvalue weighted by Crippen LogP contribution is -2.70. The minimum Gasteiger partial charge on any atom is -0.360 e. The van der Waals surface area contributed by atoms with Crippen LogP contribution in [0.5, 0.6) is 0 Å². The number of hydrazine groups is 1. The van der Waals surface area contributed by atoms with Crippen molar-refractivity contribution in [2.45, 2.75) is 52.3 Å². The summed E-state index contributed by atoms with van der Waals surface area (Å²) in [4.78, 5) is 26.8. The first-order chi connectivity index (χ1) is 9.47. The number of nitrogens with zero attached hydrogens (tertiary/aromatic N) is 3. The molecule has 0 radical (unpaired) electrons. The Morgan fingerprint density at radius 3 is 2.65 bits per heavy atom. The molecule has 0 N–H and O–H groups in total. The normalized spacial score (nSPS) is 27.4.